The molecule has 1 aromatic carbocycles. The Morgan fingerprint density at radius 3 is 2.59 bits per heavy atom. The summed E-state index contributed by atoms with van der Waals surface area (Å²) in [6, 6.07) is 6.04. The third-order valence-corrected chi connectivity index (χ3v) is 8.42. The lowest BCUT2D eigenvalue weighted by molar-refractivity contribution is -0.145. The number of hydrogen-bond donors (Lipinski definition) is 0. The Hall–Kier alpha value is -2.26. The van der Waals surface area contributed by atoms with Crippen LogP contribution in [0.1, 0.15) is 58.1 Å². The van der Waals surface area contributed by atoms with Crippen LogP contribution in [0, 0.1) is 11.8 Å². The number of ether oxygens (including phenoxy) is 1. The summed E-state index contributed by atoms with van der Waals surface area (Å²) in [7, 11) is -2.66. The van der Waals surface area contributed by atoms with E-state index >= 15 is 0 Å². The van der Waals surface area contributed by atoms with E-state index in [1.54, 1.807) is 12.1 Å². The fourth-order valence-corrected chi connectivity index (χ4v) is 6.68. The summed E-state index contributed by atoms with van der Waals surface area (Å²) in [6.45, 7) is 4.63. The molecule has 0 amide bonds. The molecule has 1 fully saturated rings. The van der Waals surface area contributed by atoms with E-state index in [0.717, 1.165) is 25.1 Å². The first-order chi connectivity index (χ1) is 15.3. The average molecular weight is 461 g/mol. The third-order valence-electron chi connectivity index (χ3n) is 6.51. The minimum atomic E-state index is -3.96. The van der Waals surface area contributed by atoms with Crippen molar-refractivity contribution in [1.82, 2.24) is 19.3 Å². The molecule has 2 aliphatic rings. The van der Waals surface area contributed by atoms with E-state index in [9.17, 15) is 13.2 Å². The molecule has 1 aliphatic carbocycles. The average Bonchev–Trinajstić information content (AvgIpc) is 3.13. The quantitative estimate of drug-likeness (QED) is 0.611. The van der Waals surface area contributed by atoms with Crippen molar-refractivity contribution in [1.29, 1.82) is 0 Å². The maximum atomic E-state index is 13.8. The molecule has 9 heteroatoms. The van der Waals surface area contributed by atoms with Crippen molar-refractivity contribution in [2.45, 2.75) is 76.4 Å². The number of methoxy groups -OCH3 is 1. The highest BCUT2D eigenvalue weighted by Crippen LogP contribution is 2.38. The number of fused-ring (bicyclic) bond motifs is 3. The number of hydrogen-bond acceptors (Lipinski definition) is 6. The maximum absolute atomic E-state index is 13.8. The molecule has 2 aromatic rings. The molecule has 2 heterocycles. The Morgan fingerprint density at radius 1 is 1.19 bits per heavy atom. The maximum Gasteiger partial charge on any atom is 0.324 e. The Kier molecular flexibility index (Phi) is 6.67. The fraction of sp³-hybridized carbons (Fsp3) is 0.609. The molecule has 8 nitrogen and oxygen atoms in total. The van der Waals surface area contributed by atoms with Crippen molar-refractivity contribution in [2.24, 2.45) is 11.8 Å². The van der Waals surface area contributed by atoms with Crippen molar-refractivity contribution in [3.63, 3.8) is 0 Å². The minimum Gasteiger partial charge on any atom is -0.468 e. The Balaban J connectivity index is 1.82. The van der Waals surface area contributed by atoms with E-state index in [2.05, 4.69) is 10.3 Å². The van der Waals surface area contributed by atoms with Gasteiger partial charge in [-0.05, 0) is 37.2 Å². The lowest BCUT2D eigenvalue weighted by Crippen LogP contribution is -2.45. The van der Waals surface area contributed by atoms with Gasteiger partial charge in [0, 0.05) is 12.1 Å². The van der Waals surface area contributed by atoms with E-state index in [4.69, 9.17) is 4.74 Å². The minimum absolute atomic E-state index is 0.0104. The summed E-state index contributed by atoms with van der Waals surface area (Å²) in [5.41, 5.74) is 1.91. The SMILES string of the molecule is COC(=O)[C@H](CC(C)C)N1Cc2nnn(CC3CCCCC3)c2-c2ccccc2S1(=O)=O. The molecular formula is C23H32N4O4S. The van der Waals surface area contributed by atoms with Crippen molar-refractivity contribution < 1.29 is 17.9 Å². The molecule has 32 heavy (non-hydrogen) atoms. The number of carbonyl (C=O) groups excluding carboxylic acids is 1. The molecule has 0 unspecified atom stereocenters. The van der Waals surface area contributed by atoms with E-state index in [1.807, 2.05) is 30.7 Å². The fourth-order valence-electron chi connectivity index (χ4n) is 4.93. The molecule has 1 aromatic heterocycles. The van der Waals surface area contributed by atoms with Crippen LogP contribution in [0.2, 0.25) is 0 Å². The monoisotopic (exact) mass is 460 g/mol. The molecule has 0 radical (unpaired) electrons. The summed E-state index contributed by atoms with van der Waals surface area (Å²) >= 11 is 0. The van der Waals surface area contributed by atoms with Crippen molar-refractivity contribution >= 4 is 16.0 Å². The molecule has 174 valence electrons. The van der Waals surface area contributed by atoms with Crippen LogP contribution >= 0.6 is 0 Å². The lowest BCUT2D eigenvalue weighted by atomic mass is 9.89. The van der Waals surface area contributed by atoms with Crippen LogP contribution in [0.4, 0.5) is 0 Å². The van der Waals surface area contributed by atoms with E-state index in [-0.39, 0.29) is 17.4 Å². The van der Waals surface area contributed by atoms with Gasteiger partial charge in [0.2, 0.25) is 10.0 Å². The smallest absolute Gasteiger partial charge is 0.324 e. The Bertz CT molecular complexity index is 1070. The van der Waals surface area contributed by atoms with Crippen LogP contribution < -0.4 is 0 Å². The van der Waals surface area contributed by atoms with Gasteiger partial charge in [-0.1, -0.05) is 56.5 Å². The number of aromatic nitrogens is 3. The van der Waals surface area contributed by atoms with Gasteiger partial charge in [-0.15, -0.1) is 5.10 Å². The van der Waals surface area contributed by atoms with Gasteiger partial charge in [0.05, 0.1) is 24.2 Å². The van der Waals surface area contributed by atoms with Crippen LogP contribution in [0.15, 0.2) is 29.2 Å². The highest BCUT2D eigenvalue weighted by atomic mass is 32.2. The molecule has 0 saturated heterocycles. The van der Waals surface area contributed by atoms with Gasteiger partial charge < -0.3 is 4.74 Å². The number of sulfonamides is 1. The highest BCUT2D eigenvalue weighted by molar-refractivity contribution is 7.89. The molecule has 0 bridgehead atoms. The van der Waals surface area contributed by atoms with Gasteiger partial charge in [-0.3, -0.25) is 4.79 Å². The van der Waals surface area contributed by atoms with Crippen LogP contribution in [-0.2, 0) is 32.6 Å². The number of benzene rings is 1. The van der Waals surface area contributed by atoms with Crippen molar-refractivity contribution in [3.05, 3.63) is 30.0 Å². The number of nitrogens with zero attached hydrogens (tertiary/aromatic N) is 4. The van der Waals surface area contributed by atoms with Crippen molar-refractivity contribution in [3.8, 4) is 11.3 Å². The Labute approximate surface area is 190 Å². The van der Waals surface area contributed by atoms with Crippen LogP contribution in [-0.4, -0.2) is 46.8 Å². The Morgan fingerprint density at radius 2 is 1.91 bits per heavy atom. The van der Waals surface area contributed by atoms with Gasteiger partial charge in [-0.25, -0.2) is 13.1 Å². The van der Waals surface area contributed by atoms with Crippen LogP contribution in [0.3, 0.4) is 0 Å². The van der Waals surface area contributed by atoms with E-state index < -0.39 is 22.0 Å². The summed E-state index contributed by atoms with van der Waals surface area (Å²) in [4.78, 5) is 12.9. The summed E-state index contributed by atoms with van der Waals surface area (Å²) in [6.07, 6.45) is 6.37. The normalized spacial score (nSPS) is 19.8. The zero-order valence-electron chi connectivity index (χ0n) is 19.0. The zero-order chi connectivity index (χ0) is 22.9. The second-order valence-corrected chi connectivity index (χ2v) is 11.1. The van der Waals surface area contributed by atoms with Gasteiger partial charge >= 0.3 is 5.97 Å². The molecule has 1 atom stereocenters. The third kappa shape index (κ3) is 4.32. The molecule has 4 rings (SSSR count). The largest absolute Gasteiger partial charge is 0.468 e. The van der Waals surface area contributed by atoms with Gasteiger partial charge in [-0.2, -0.15) is 4.31 Å². The lowest BCUT2D eigenvalue weighted by Gasteiger charge is -2.28. The topological polar surface area (TPSA) is 94.4 Å². The second kappa shape index (κ2) is 9.31. The van der Waals surface area contributed by atoms with Gasteiger partial charge in [0.1, 0.15) is 11.7 Å². The van der Waals surface area contributed by atoms with Gasteiger partial charge in [0.15, 0.2) is 0 Å². The zero-order valence-corrected chi connectivity index (χ0v) is 19.8. The van der Waals surface area contributed by atoms with Crippen molar-refractivity contribution in [2.75, 3.05) is 7.11 Å². The predicted molar refractivity (Wildman–Crippen MR) is 120 cm³/mol. The first kappa shape index (κ1) is 22.9. The molecule has 1 saturated carbocycles. The highest BCUT2D eigenvalue weighted by Gasteiger charge is 2.42. The van der Waals surface area contributed by atoms with E-state index in [1.165, 1.54) is 30.7 Å². The van der Waals surface area contributed by atoms with Crippen LogP contribution in [0.25, 0.3) is 11.3 Å². The predicted octanol–water partition coefficient (Wildman–Crippen LogP) is 3.62. The number of esters is 1. The summed E-state index contributed by atoms with van der Waals surface area (Å²) < 4.78 is 35.7. The molecular weight excluding hydrogens is 428 g/mol. The second-order valence-electron chi connectivity index (χ2n) is 9.29. The van der Waals surface area contributed by atoms with Crippen LogP contribution in [0.5, 0.6) is 0 Å². The first-order valence-corrected chi connectivity index (χ1v) is 12.9. The first-order valence-electron chi connectivity index (χ1n) is 11.4. The van der Waals surface area contributed by atoms with E-state index in [0.29, 0.717) is 23.6 Å². The summed E-state index contributed by atoms with van der Waals surface area (Å²) in [5.74, 6) is 0.0634. The number of rotatable bonds is 6. The molecule has 1 aliphatic heterocycles. The number of carbonyl (C=O) groups is 1. The standard InChI is InChI=1S/C23H32N4O4S/c1-16(2)13-20(23(28)31-3)27-15-19-22(18-11-7-8-12-21(18)32(27,29)30)26(25-24-19)14-17-9-5-4-6-10-17/h7-8,11-12,16-17,20H,4-6,9-10,13-15H2,1-3H3/t20-/m0/s1. The molecule has 0 spiro atoms. The molecule has 0 N–H and O–H groups in total. The van der Waals surface area contributed by atoms with Gasteiger partial charge in [0.25, 0.3) is 0 Å². The summed E-state index contributed by atoms with van der Waals surface area (Å²) in [5, 5.41) is 8.83.